The van der Waals surface area contributed by atoms with Crippen molar-refractivity contribution in [3.05, 3.63) is 71.6 Å². The van der Waals surface area contributed by atoms with Crippen LogP contribution in [0.15, 0.2) is 54.6 Å². The summed E-state index contributed by atoms with van der Waals surface area (Å²) in [6, 6.07) is 2.52. The van der Waals surface area contributed by atoms with Crippen molar-refractivity contribution in [1.82, 2.24) is 24.6 Å². The number of halogens is 4. The Bertz CT molecular complexity index is 2020. The molecule has 10 nitrogen and oxygen atoms in total. The van der Waals surface area contributed by atoms with Gasteiger partial charge in [-0.25, -0.2) is 23.9 Å². The van der Waals surface area contributed by atoms with Gasteiger partial charge in [-0.05, 0) is 98.8 Å². The van der Waals surface area contributed by atoms with Crippen LogP contribution in [0.1, 0.15) is 82.8 Å². The van der Waals surface area contributed by atoms with E-state index >= 15 is 0 Å². The van der Waals surface area contributed by atoms with Crippen molar-refractivity contribution in [2.24, 2.45) is 29.7 Å². The fraction of sp³-hybridized carbons (Fsp3) is 0.564. The normalized spacial score (nSPS) is 35.1. The minimum absolute atomic E-state index is 0.0157. The minimum Gasteiger partial charge on any atom is -0.478 e. The lowest BCUT2D eigenvalue weighted by atomic mass is 9.77. The number of nitrogens with zero attached hydrogens (tertiary/aromatic N) is 6. The highest BCUT2D eigenvalue weighted by molar-refractivity contribution is 5.86. The number of ether oxygens (including phenoxy) is 1. The molecule has 9 rings (SSSR count). The molecule has 1 saturated heterocycles. The van der Waals surface area contributed by atoms with Crippen molar-refractivity contribution in [1.29, 1.82) is 0 Å². The highest BCUT2D eigenvalue weighted by atomic mass is 19.4. The second-order valence-corrected chi connectivity index (χ2v) is 17.0. The molecule has 53 heavy (non-hydrogen) atoms. The summed E-state index contributed by atoms with van der Waals surface area (Å²) in [6.07, 6.45) is 9.79. The van der Waals surface area contributed by atoms with E-state index in [0.29, 0.717) is 36.9 Å². The number of carboxylic acid groups (broad SMARTS) is 1. The number of carbonyl (C=O) groups is 2. The number of allylic oxidation sites excluding steroid dienone is 1. The first-order valence-corrected chi connectivity index (χ1v) is 18.4. The maximum Gasteiger partial charge on any atom is 0.416 e. The van der Waals surface area contributed by atoms with Gasteiger partial charge in [0.25, 0.3) is 0 Å². The zero-order chi connectivity index (χ0) is 37.3. The van der Waals surface area contributed by atoms with Crippen LogP contribution >= 0.6 is 0 Å². The standard InChI is InChI=1S/C39H42F4N6O4/c1-22-11-37(22)20-36(21-38(12-23(38)2)49(37)34(52)53-31-14-35(31)6-4-25(5-7-35)32(50)51)13-30(36)48(18-24-8-28(39(41,42)43)10-29(40)9-24)33-44-15-26(16-45-33)27-17-46-47(3)19-27/h4,8-10,15-17,19,22-23,30-31H,5-7,11-14,18,20-21H2,1-3H3,(H,50,51)/t22-,23+,30?,31?,35?,36?,37+,38?/m1/s1. The molecule has 4 saturated carbocycles. The van der Waals surface area contributed by atoms with E-state index < -0.39 is 34.6 Å². The molecule has 1 aliphatic heterocycles. The molecule has 0 bridgehead atoms. The monoisotopic (exact) mass is 734 g/mol. The van der Waals surface area contributed by atoms with Crippen LogP contribution in [0.3, 0.4) is 0 Å². The fourth-order valence-corrected chi connectivity index (χ4v) is 10.3. The van der Waals surface area contributed by atoms with Gasteiger partial charge in [-0.2, -0.15) is 18.3 Å². The Morgan fingerprint density at radius 3 is 2.21 bits per heavy atom. The van der Waals surface area contributed by atoms with Gasteiger partial charge in [-0.15, -0.1) is 0 Å². The van der Waals surface area contributed by atoms with Crippen LogP contribution in [0.25, 0.3) is 11.1 Å². The van der Waals surface area contributed by atoms with Gasteiger partial charge in [0.05, 0.1) is 22.8 Å². The maximum atomic E-state index is 14.7. The van der Waals surface area contributed by atoms with Crippen LogP contribution < -0.4 is 4.90 Å². The second kappa shape index (κ2) is 11.3. The molecule has 2 aromatic heterocycles. The number of anilines is 1. The summed E-state index contributed by atoms with van der Waals surface area (Å²) in [5.74, 6) is -1.02. The van der Waals surface area contributed by atoms with Gasteiger partial charge in [-0.1, -0.05) is 19.9 Å². The van der Waals surface area contributed by atoms with Gasteiger partial charge in [0.15, 0.2) is 0 Å². The smallest absolute Gasteiger partial charge is 0.416 e. The van der Waals surface area contributed by atoms with E-state index in [1.54, 1.807) is 29.3 Å². The zero-order valence-corrected chi connectivity index (χ0v) is 29.9. The number of carbonyl (C=O) groups excluding carboxylic acids is 1. The first-order valence-electron chi connectivity index (χ1n) is 18.4. The van der Waals surface area contributed by atoms with Crippen LogP contribution in [-0.4, -0.2) is 65.0 Å². The number of rotatable bonds is 7. The Labute approximate surface area is 304 Å². The Morgan fingerprint density at radius 2 is 1.66 bits per heavy atom. The van der Waals surface area contributed by atoms with E-state index in [0.717, 1.165) is 61.8 Å². The molecule has 5 fully saturated rings. The average molecular weight is 735 g/mol. The highest BCUT2D eigenvalue weighted by Gasteiger charge is 2.79. The largest absolute Gasteiger partial charge is 0.478 e. The van der Waals surface area contributed by atoms with E-state index in [-0.39, 0.29) is 53.0 Å². The third-order valence-corrected chi connectivity index (χ3v) is 13.6. The van der Waals surface area contributed by atoms with Crippen LogP contribution in [-0.2, 0) is 29.3 Å². The lowest BCUT2D eigenvalue weighted by molar-refractivity contribution is -0.138. The zero-order valence-electron chi connectivity index (χ0n) is 29.9. The van der Waals surface area contributed by atoms with Gasteiger partial charge in [0.1, 0.15) is 11.9 Å². The molecule has 5 aliphatic carbocycles. The molecule has 3 heterocycles. The number of benzene rings is 1. The van der Waals surface area contributed by atoms with Crippen LogP contribution in [0, 0.1) is 28.5 Å². The summed E-state index contributed by atoms with van der Waals surface area (Å²) in [5, 5.41) is 13.6. The van der Waals surface area contributed by atoms with Crippen molar-refractivity contribution in [2.75, 3.05) is 4.90 Å². The number of hydrogen-bond acceptors (Lipinski definition) is 7. The Balaban J connectivity index is 1.00. The molecular formula is C39H42F4N6O4. The van der Waals surface area contributed by atoms with E-state index in [9.17, 15) is 32.3 Å². The predicted octanol–water partition coefficient (Wildman–Crippen LogP) is 7.54. The molecule has 8 atom stereocenters. The van der Waals surface area contributed by atoms with Crippen LogP contribution in [0.4, 0.5) is 28.3 Å². The predicted molar refractivity (Wildman–Crippen MR) is 184 cm³/mol. The lowest BCUT2D eigenvalue weighted by Gasteiger charge is -2.49. The molecule has 1 N–H and O–H groups in total. The number of carboxylic acids is 1. The van der Waals surface area contributed by atoms with Gasteiger partial charge >= 0.3 is 18.2 Å². The summed E-state index contributed by atoms with van der Waals surface area (Å²) in [7, 11) is 1.81. The Hall–Kier alpha value is -4.49. The summed E-state index contributed by atoms with van der Waals surface area (Å²) in [4.78, 5) is 39.2. The molecule has 280 valence electrons. The minimum atomic E-state index is -4.70. The summed E-state index contributed by atoms with van der Waals surface area (Å²) in [5.41, 5.74) is -0.125. The molecule has 1 aromatic carbocycles. The van der Waals surface area contributed by atoms with Gasteiger partial charge < -0.3 is 14.7 Å². The van der Waals surface area contributed by atoms with Crippen molar-refractivity contribution in [3.8, 4) is 11.1 Å². The number of likely N-dealkylation sites (tertiary alicyclic amines) is 1. The van der Waals surface area contributed by atoms with E-state index in [1.165, 1.54) is 0 Å². The van der Waals surface area contributed by atoms with E-state index in [1.807, 2.05) is 18.1 Å². The quantitative estimate of drug-likeness (QED) is 0.248. The number of aliphatic carboxylic acids is 1. The second-order valence-electron chi connectivity index (χ2n) is 17.0. The van der Waals surface area contributed by atoms with E-state index in [4.69, 9.17) is 14.7 Å². The van der Waals surface area contributed by atoms with Crippen molar-refractivity contribution in [3.63, 3.8) is 0 Å². The number of piperidine rings is 1. The number of amides is 1. The molecule has 0 radical (unpaired) electrons. The van der Waals surface area contributed by atoms with E-state index in [2.05, 4.69) is 23.8 Å². The molecule has 3 aromatic rings. The first kappa shape index (κ1) is 34.3. The molecular weight excluding hydrogens is 692 g/mol. The average Bonchev–Trinajstić information content (AvgIpc) is 4.07. The third-order valence-electron chi connectivity index (χ3n) is 13.6. The number of alkyl halides is 3. The van der Waals surface area contributed by atoms with Crippen LogP contribution in [0.5, 0.6) is 0 Å². The highest BCUT2D eigenvalue weighted by Crippen LogP contribution is 2.76. The van der Waals surface area contributed by atoms with Crippen LogP contribution in [0.2, 0.25) is 0 Å². The molecule has 1 amide bonds. The summed E-state index contributed by atoms with van der Waals surface area (Å²) >= 11 is 0. The SMILES string of the molecule is C[C@@H]1C[C@]12CC1(CC1N(Cc1cc(F)cc(C(F)(F)F)c1)c1ncc(-c3cnn(C)c3)cn1)CC1(C[C@@H]1C)N2C(=O)OC1CC12CC=C(C(=O)O)CC2. The van der Waals surface area contributed by atoms with Gasteiger partial charge in [0, 0.05) is 60.3 Å². The molecule has 6 aliphatic rings. The van der Waals surface area contributed by atoms with Crippen molar-refractivity contribution in [2.45, 2.75) is 108 Å². The Kier molecular flexibility index (Phi) is 7.29. The summed E-state index contributed by atoms with van der Waals surface area (Å²) < 4.78 is 64.0. The first-order chi connectivity index (χ1) is 25.1. The maximum absolute atomic E-state index is 14.7. The number of aryl methyl sites for hydroxylation is 1. The number of hydrogen-bond donors (Lipinski definition) is 1. The Morgan fingerprint density at radius 1 is 0.981 bits per heavy atom. The number of aromatic nitrogens is 4. The van der Waals surface area contributed by atoms with Gasteiger partial charge in [0.2, 0.25) is 5.95 Å². The van der Waals surface area contributed by atoms with Crippen molar-refractivity contribution < 1.29 is 37.0 Å². The lowest BCUT2D eigenvalue weighted by Crippen LogP contribution is -2.59. The third kappa shape index (κ3) is 5.60. The van der Waals surface area contributed by atoms with Gasteiger partial charge in [-0.3, -0.25) is 9.58 Å². The van der Waals surface area contributed by atoms with Crippen molar-refractivity contribution >= 4 is 18.0 Å². The summed E-state index contributed by atoms with van der Waals surface area (Å²) in [6.45, 7) is 4.32. The molecule has 5 unspecified atom stereocenters. The topological polar surface area (TPSA) is 114 Å². The molecule has 14 heteroatoms. The molecule has 4 spiro atoms. The fourth-order valence-electron chi connectivity index (χ4n) is 10.3.